The Balaban J connectivity index is 3.07. The maximum atomic E-state index is 11.2. The molecule has 1 aromatic carbocycles. The number of hydrogen-bond acceptors (Lipinski definition) is 4. The van der Waals surface area contributed by atoms with Crippen LogP contribution in [0.2, 0.25) is 0 Å². The lowest BCUT2D eigenvalue weighted by Crippen LogP contribution is -2.09. The van der Waals surface area contributed by atoms with Crippen molar-refractivity contribution in [1.82, 2.24) is 0 Å². The second kappa shape index (κ2) is 6.74. The minimum absolute atomic E-state index is 0.0305. The number of aromatic carboxylic acids is 1. The summed E-state index contributed by atoms with van der Waals surface area (Å²) >= 11 is 0. The molecule has 0 atom stereocenters. The van der Waals surface area contributed by atoms with E-state index in [0.717, 1.165) is 12.8 Å². The van der Waals surface area contributed by atoms with Gasteiger partial charge in [-0.05, 0) is 25.0 Å². The fourth-order valence-electron chi connectivity index (χ4n) is 1.47. The smallest absolute Gasteiger partial charge is 0.341 e. The number of rotatable bonds is 7. The summed E-state index contributed by atoms with van der Waals surface area (Å²) in [6, 6.07) is 3.23. The average Bonchev–Trinajstić information content (AvgIpc) is 2.34. The third-order valence-corrected chi connectivity index (χ3v) is 2.30. The number of anilines is 1. The van der Waals surface area contributed by atoms with E-state index in [1.165, 1.54) is 0 Å². The van der Waals surface area contributed by atoms with Crippen molar-refractivity contribution < 1.29 is 19.4 Å². The molecule has 0 aromatic heterocycles. The minimum Gasteiger partial charge on any atom is -0.493 e. The van der Waals surface area contributed by atoms with Crippen molar-refractivity contribution in [2.45, 2.75) is 26.7 Å². The Kier molecular flexibility index (Phi) is 5.30. The van der Waals surface area contributed by atoms with Crippen LogP contribution in [0.5, 0.6) is 11.5 Å². The van der Waals surface area contributed by atoms with Gasteiger partial charge in [0.1, 0.15) is 17.1 Å². The van der Waals surface area contributed by atoms with Crippen LogP contribution >= 0.6 is 0 Å². The topological polar surface area (TPSA) is 81.8 Å². The molecule has 0 amide bonds. The number of hydrogen-bond donors (Lipinski definition) is 2. The van der Waals surface area contributed by atoms with E-state index in [4.69, 9.17) is 15.2 Å². The van der Waals surface area contributed by atoms with Crippen LogP contribution in [-0.4, -0.2) is 24.3 Å². The van der Waals surface area contributed by atoms with Gasteiger partial charge >= 0.3 is 5.97 Å². The van der Waals surface area contributed by atoms with Crippen molar-refractivity contribution in [3.63, 3.8) is 0 Å². The van der Waals surface area contributed by atoms with Crippen molar-refractivity contribution in [3.05, 3.63) is 17.7 Å². The van der Waals surface area contributed by atoms with Gasteiger partial charge in [-0.2, -0.15) is 0 Å². The molecule has 18 heavy (non-hydrogen) atoms. The van der Waals surface area contributed by atoms with Gasteiger partial charge in [-0.3, -0.25) is 0 Å². The molecular weight excluding hydrogens is 234 g/mol. The molecule has 0 radical (unpaired) electrons. The van der Waals surface area contributed by atoms with Crippen LogP contribution < -0.4 is 15.2 Å². The monoisotopic (exact) mass is 253 g/mol. The summed E-state index contributed by atoms with van der Waals surface area (Å²) in [4.78, 5) is 11.2. The van der Waals surface area contributed by atoms with Gasteiger partial charge in [0.2, 0.25) is 0 Å². The predicted octanol–water partition coefficient (Wildman–Crippen LogP) is 2.54. The molecule has 3 N–H and O–H groups in total. The number of nitrogens with two attached hydrogens (primary N) is 1. The summed E-state index contributed by atoms with van der Waals surface area (Å²) in [5.41, 5.74) is 5.90. The van der Waals surface area contributed by atoms with Gasteiger partial charge in [0.25, 0.3) is 0 Å². The van der Waals surface area contributed by atoms with E-state index in [0.29, 0.717) is 19.0 Å². The molecule has 5 heteroatoms. The average molecular weight is 253 g/mol. The summed E-state index contributed by atoms with van der Waals surface area (Å²) in [7, 11) is 0. The zero-order chi connectivity index (χ0) is 13.5. The summed E-state index contributed by atoms with van der Waals surface area (Å²) in [5, 5.41) is 9.18. The van der Waals surface area contributed by atoms with Crippen molar-refractivity contribution in [2.24, 2.45) is 0 Å². The number of carboxylic acid groups (broad SMARTS) is 1. The highest BCUT2D eigenvalue weighted by atomic mass is 16.5. The third kappa shape index (κ3) is 3.29. The van der Waals surface area contributed by atoms with Gasteiger partial charge in [-0.15, -0.1) is 0 Å². The molecule has 0 saturated carbocycles. The summed E-state index contributed by atoms with van der Waals surface area (Å²) in [5.74, 6) is -0.440. The molecule has 1 rings (SSSR count). The van der Waals surface area contributed by atoms with Crippen molar-refractivity contribution in [3.8, 4) is 11.5 Å². The Morgan fingerprint density at radius 2 is 1.67 bits per heavy atom. The molecular formula is C13H19NO4. The highest BCUT2D eigenvalue weighted by molar-refractivity contribution is 5.98. The molecule has 0 spiro atoms. The van der Waals surface area contributed by atoms with Gasteiger partial charge in [0, 0.05) is 0 Å². The molecule has 0 fully saturated rings. The predicted molar refractivity (Wildman–Crippen MR) is 69.4 cm³/mol. The fourth-order valence-corrected chi connectivity index (χ4v) is 1.47. The van der Waals surface area contributed by atoms with Gasteiger partial charge in [-0.1, -0.05) is 13.8 Å². The van der Waals surface area contributed by atoms with Crippen molar-refractivity contribution in [1.29, 1.82) is 0 Å². The van der Waals surface area contributed by atoms with Gasteiger partial charge in [0.15, 0.2) is 0 Å². The first-order valence-electron chi connectivity index (χ1n) is 6.03. The van der Waals surface area contributed by atoms with Crippen LogP contribution in [0.1, 0.15) is 37.0 Å². The van der Waals surface area contributed by atoms with E-state index < -0.39 is 5.97 Å². The number of ether oxygens (including phenoxy) is 2. The van der Waals surface area contributed by atoms with Crippen molar-refractivity contribution in [2.75, 3.05) is 18.9 Å². The zero-order valence-electron chi connectivity index (χ0n) is 10.7. The molecule has 0 aliphatic rings. The summed E-state index contributed by atoms with van der Waals surface area (Å²) in [6.07, 6.45) is 1.63. The fraction of sp³-hybridized carbons (Fsp3) is 0.462. The van der Waals surface area contributed by atoms with Gasteiger partial charge in [0.05, 0.1) is 18.9 Å². The minimum atomic E-state index is -1.11. The van der Waals surface area contributed by atoms with Crippen LogP contribution in [0.4, 0.5) is 5.69 Å². The third-order valence-electron chi connectivity index (χ3n) is 2.30. The molecule has 5 nitrogen and oxygen atoms in total. The Bertz CT molecular complexity index is 418. The molecule has 0 aliphatic heterocycles. The molecule has 0 unspecified atom stereocenters. The van der Waals surface area contributed by atoms with E-state index >= 15 is 0 Å². The van der Waals surface area contributed by atoms with Crippen LogP contribution in [-0.2, 0) is 0 Å². The van der Waals surface area contributed by atoms with Crippen LogP contribution in [0, 0.1) is 0 Å². The number of benzene rings is 1. The lowest BCUT2D eigenvalue weighted by molar-refractivity contribution is 0.0693. The SMILES string of the molecule is CCCOc1ccc(OCCC)c(C(=O)O)c1N. The van der Waals surface area contributed by atoms with E-state index in [1.807, 2.05) is 13.8 Å². The van der Waals surface area contributed by atoms with Crippen LogP contribution in [0.25, 0.3) is 0 Å². The number of nitrogen functional groups attached to an aromatic ring is 1. The molecule has 1 aromatic rings. The van der Waals surface area contributed by atoms with Gasteiger partial charge in [-0.25, -0.2) is 4.79 Å². The highest BCUT2D eigenvalue weighted by Crippen LogP contribution is 2.33. The lowest BCUT2D eigenvalue weighted by atomic mass is 10.1. The number of carbonyl (C=O) groups is 1. The molecule has 0 saturated heterocycles. The van der Waals surface area contributed by atoms with E-state index in [-0.39, 0.29) is 17.0 Å². The highest BCUT2D eigenvalue weighted by Gasteiger charge is 2.19. The second-order valence-electron chi connectivity index (χ2n) is 3.85. The summed E-state index contributed by atoms with van der Waals surface area (Å²) < 4.78 is 10.8. The Morgan fingerprint density at radius 1 is 1.17 bits per heavy atom. The first-order chi connectivity index (χ1) is 8.61. The normalized spacial score (nSPS) is 10.1. The van der Waals surface area contributed by atoms with E-state index in [2.05, 4.69) is 0 Å². The zero-order valence-corrected chi connectivity index (χ0v) is 10.7. The first-order valence-corrected chi connectivity index (χ1v) is 6.03. The van der Waals surface area contributed by atoms with E-state index in [9.17, 15) is 9.90 Å². The molecule has 0 bridgehead atoms. The quantitative estimate of drug-likeness (QED) is 0.730. The maximum Gasteiger partial charge on any atom is 0.341 e. The Hall–Kier alpha value is -1.91. The largest absolute Gasteiger partial charge is 0.493 e. The summed E-state index contributed by atoms with van der Waals surface area (Å²) in [6.45, 7) is 4.86. The Labute approximate surface area is 107 Å². The number of carboxylic acids is 1. The van der Waals surface area contributed by atoms with Gasteiger partial charge < -0.3 is 20.3 Å². The van der Waals surface area contributed by atoms with Crippen molar-refractivity contribution >= 4 is 11.7 Å². The molecule has 0 heterocycles. The molecule has 100 valence electrons. The standard InChI is InChI=1S/C13H19NO4/c1-3-7-17-9-5-6-10(18-8-4-2)12(14)11(9)13(15)16/h5-6H,3-4,7-8,14H2,1-2H3,(H,15,16). The van der Waals surface area contributed by atoms with E-state index in [1.54, 1.807) is 12.1 Å². The van der Waals surface area contributed by atoms with Crippen LogP contribution in [0.3, 0.4) is 0 Å². The first kappa shape index (κ1) is 14.2. The maximum absolute atomic E-state index is 11.2. The Morgan fingerprint density at radius 3 is 2.17 bits per heavy atom. The lowest BCUT2D eigenvalue weighted by Gasteiger charge is -2.14. The second-order valence-corrected chi connectivity index (χ2v) is 3.85. The molecule has 0 aliphatic carbocycles. The van der Waals surface area contributed by atoms with Crippen LogP contribution in [0.15, 0.2) is 12.1 Å².